The zero-order valence-corrected chi connectivity index (χ0v) is 17.6. The topological polar surface area (TPSA) is 84.7 Å². The fraction of sp³-hybridized carbons (Fsp3) is 0.182. The first-order valence-corrected chi connectivity index (χ1v) is 10.4. The van der Waals surface area contributed by atoms with Crippen LogP contribution in [-0.2, 0) is 4.74 Å². The highest BCUT2D eigenvalue weighted by Crippen LogP contribution is 2.29. The van der Waals surface area contributed by atoms with Gasteiger partial charge in [0.2, 0.25) is 0 Å². The van der Waals surface area contributed by atoms with E-state index in [1.54, 1.807) is 24.3 Å². The molecule has 4 heterocycles. The summed E-state index contributed by atoms with van der Waals surface area (Å²) < 4.78 is 21.1. The number of pyridine rings is 1. The minimum atomic E-state index is -0.500. The fourth-order valence-corrected chi connectivity index (χ4v) is 3.81. The van der Waals surface area contributed by atoms with Gasteiger partial charge >= 0.3 is 0 Å². The number of hydrogen-bond acceptors (Lipinski definition) is 6. The molecular weight excluding hydrogens is 435 g/mol. The number of rotatable bonds is 4. The number of morpholine rings is 1. The molecule has 0 spiro atoms. The van der Waals surface area contributed by atoms with E-state index in [0.717, 1.165) is 18.9 Å². The molecule has 0 atom stereocenters. The van der Waals surface area contributed by atoms with Gasteiger partial charge < -0.3 is 15.0 Å². The number of carbonyl (C=O) groups excluding carboxylic acids is 1. The van der Waals surface area contributed by atoms with Crippen LogP contribution < -0.4 is 10.2 Å². The number of ether oxygens (including phenoxy) is 1. The minimum absolute atomic E-state index is 0.163. The van der Waals surface area contributed by atoms with Crippen LogP contribution in [0.15, 0.2) is 54.7 Å². The van der Waals surface area contributed by atoms with E-state index in [1.165, 1.54) is 22.8 Å². The molecule has 1 amide bonds. The second-order valence-corrected chi connectivity index (χ2v) is 7.57. The Labute approximate surface area is 187 Å². The summed E-state index contributed by atoms with van der Waals surface area (Å²) >= 11 is 6.17. The zero-order chi connectivity index (χ0) is 22.1. The Hall–Kier alpha value is -3.56. The van der Waals surface area contributed by atoms with Crippen LogP contribution >= 0.6 is 11.6 Å². The van der Waals surface area contributed by atoms with Gasteiger partial charge in [-0.15, -0.1) is 0 Å². The van der Waals surface area contributed by atoms with Crippen molar-refractivity contribution in [3.8, 4) is 11.3 Å². The Balaban J connectivity index is 1.44. The van der Waals surface area contributed by atoms with E-state index in [0.29, 0.717) is 30.4 Å². The summed E-state index contributed by atoms with van der Waals surface area (Å²) in [4.78, 5) is 23.8. The molecule has 8 nitrogen and oxygen atoms in total. The summed E-state index contributed by atoms with van der Waals surface area (Å²) in [6.07, 6.45) is 1.41. The molecule has 4 aromatic rings. The molecule has 1 fully saturated rings. The van der Waals surface area contributed by atoms with Crippen LogP contribution in [-0.4, -0.2) is 51.8 Å². The number of anilines is 2. The van der Waals surface area contributed by atoms with Crippen LogP contribution in [0.1, 0.15) is 10.5 Å². The molecular formula is C22H18ClFN6O2. The molecule has 32 heavy (non-hydrogen) atoms. The summed E-state index contributed by atoms with van der Waals surface area (Å²) in [5.41, 5.74) is 1.09. The molecule has 162 valence electrons. The highest BCUT2D eigenvalue weighted by Gasteiger charge is 2.18. The third-order valence-corrected chi connectivity index (χ3v) is 5.44. The van der Waals surface area contributed by atoms with Crippen LogP contribution in [0.2, 0.25) is 5.02 Å². The van der Waals surface area contributed by atoms with Gasteiger partial charge in [0.25, 0.3) is 5.91 Å². The molecule has 0 unspecified atom stereocenters. The molecule has 3 aromatic heterocycles. The molecule has 0 bridgehead atoms. The number of nitrogens with one attached hydrogen (secondary N) is 1. The van der Waals surface area contributed by atoms with E-state index in [4.69, 9.17) is 16.3 Å². The molecule has 1 N–H and O–H groups in total. The Bertz CT molecular complexity index is 1280. The second-order valence-electron chi connectivity index (χ2n) is 7.16. The summed E-state index contributed by atoms with van der Waals surface area (Å²) in [6, 6.07) is 13.1. The van der Waals surface area contributed by atoms with Gasteiger partial charge in [0.15, 0.2) is 11.3 Å². The van der Waals surface area contributed by atoms with Gasteiger partial charge in [0.05, 0.1) is 35.7 Å². The largest absolute Gasteiger partial charge is 0.378 e. The lowest BCUT2D eigenvalue weighted by atomic mass is 10.1. The summed E-state index contributed by atoms with van der Waals surface area (Å²) in [6.45, 7) is 2.76. The van der Waals surface area contributed by atoms with Gasteiger partial charge in [-0.25, -0.2) is 18.9 Å². The van der Waals surface area contributed by atoms with Crippen molar-refractivity contribution in [3.05, 3.63) is 71.3 Å². The van der Waals surface area contributed by atoms with Crippen LogP contribution in [0.4, 0.5) is 16.0 Å². The normalized spacial score (nSPS) is 14.0. The van der Waals surface area contributed by atoms with Crippen molar-refractivity contribution in [1.82, 2.24) is 19.6 Å². The molecule has 1 aromatic carbocycles. The van der Waals surface area contributed by atoms with E-state index in [1.807, 2.05) is 12.1 Å². The van der Waals surface area contributed by atoms with E-state index < -0.39 is 11.7 Å². The van der Waals surface area contributed by atoms with E-state index >= 15 is 0 Å². The standard InChI is InChI=1S/C22H18ClFN6O2/c23-14-3-1-4-15(24)21(14)16-7-8-19-25-13-17(30(19)28-16)22(31)27-18-5-2-6-20(26-18)29-9-11-32-12-10-29/h1-8,13H,9-12H2,(H,26,27,31). The van der Waals surface area contributed by atoms with Crippen molar-refractivity contribution in [2.45, 2.75) is 0 Å². The molecule has 1 aliphatic heterocycles. The van der Waals surface area contributed by atoms with Crippen LogP contribution in [0.3, 0.4) is 0 Å². The van der Waals surface area contributed by atoms with Gasteiger partial charge in [0, 0.05) is 13.1 Å². The van der Waals surface area contributed by atoms with Crippen LogP contribution in [0.5, 0.6) is 0 Å². The van der Waals surface area contributed by atoms with Crippen molar-refractivity contribution in [1.29, 1.82) is 0 Å². The fourth-order valence-electron chi connectivity index (χ4n) is 3.55. The summed E-state index contributed by atoms with van der Waals surface area (Å²) in [7, 11) is 0. The Kier molecular flexibility index (Phi) is 5.42. The maximum Gasteiger partial charge on any atom is 0.277 e. The lowest BCUT2D eigenvalue weighted by Gasteiger charge is -2.27. The van der Waals surface area contributed by atoms with Crippen molar-refractivity contribution < 1.29 is 13.9 Å². The van der Waals surface area contributed by atoms with Crippen LogP contribution in [0.25, 0.3) is 16.9 Å². The molecule has 0 radical (unpaired) electrons. The minimum Gasteiger partial charge on any atom is -0.378 e. The van der Waals surface area contributed by atoms with Crippen LogP contribution in [0, 0.1) is 5.82 Å². The highest BCUT2D eigenvalue weighted by atomic mass is 35.5. The van der Waals surface area contributed by atoms with Gasteiger partial charge in [-0.05, 0) is 36.4 Å². The van der Waals surface area contributed by atoms with Crippen molar-refractivity contribution in [2.75, 3.05) is 36.5 Å². The number of benzene rings is 1. The number of aromatic nitrogens is 4. The summed E-state index contributed by atoms with van der Waals surface area (Å²) in [5.74, 6) is 0.231. The number of fused-ring (bicyclic) bond motifs is 1. The van der Waals surface area contributed by atoms with E-state index in [-0.39, 0.29) is 16.3 Å². The molecule has 0 aliphatic carbocycles. The van der Waals surface area contributed by atoms with Gasteiger partial charge in [-0.1, -0.05) is 23.7 Å². The maximum absolute atomic E-state index is 14.4. The second kappa shape index (κ2) is 8.52. The molecule has 10 heteroatoms. The first-order valence-electron chi connectivity index (χ1n) is 10.0. The number of nitrogens with zero attached hydrogens (tertiary/aromatic N) is 5. The van der Waals surface area contributed by atoms with Gasteiger partial charge in [-0.2, -0.15) is 5.10 Å². The Morgan fingerprint density at radius 3 is 2.72 bits per heavy atom. The third-order valence-electron chi connectivity index (χ3n) is 5.12. The third kappa shape index (κ3) is 3.88. The molecule has 1 aliphatic rings. The number of carbonyl (C=O) groups is 1. The maximum atomic E-state index is 14.4. The predicted molar refractivity (Wildman–Crippen MR) is 119 cm³/mol. The Morgan fingerprint density at radius 2 is 1.91 bits per heavy atom. The number of hydrogen-bond donors (Lipinski definition) is 1. The highest BCUT2D eigenvalue weighted by molar-refractivity contribution is 6.33. The quantitative estimate of drug-likeness (QED) is 0.508. The van der Waals surface area contributed by atoms with Crippen molar-refractivity contribution >= 4 is 34.8 Å². The van der Waals surface area contributed by atoms with E-state index in [9.17, 15) is 9.18 Å². The first kappa shape index (κ1) is 20.3. The smallest absolute Gasteiger partial charge is 0.277 e. The molecule has 1 saturated heterocycles. The number of imidazole rings is 1. The monoisotopic (exact) mass is 452 g/mol. The number of amides is 1. The number of halogens is 2. The SMILES string of the molecule is O=C(Nc1cccc(N2CCOCC2)n1)c1cnc2ccc(-c3c(F)cccc3Cl)nn12. The zero-order valence-electron chi connectivity index (χ0n) is 16.8. The average Bonchev–Trinajstić information content (AvgIpc) is 3.23. The van der Waals surface area contributed by atoms with Crippen molar-refractivity contribution in [3.63, 3.8) is 0 Å². The van der Waals surface area contributed by atoms with E-state index in [2.05, 4.69) is 25.3 Å². The lowest BCUT2D eigenvalue weighted by Crippen LogP contribution is -2.36. The Morgan fingerprint density at radius 1 is 1.09 bits per heavy atom. The predicted octanol–water partition coefficient (Wildman–Crippen LogP) is 3.67. The molecule has 0 saturated carbocycles. The first-order chi connectivity index (χ1) is 15.6. The average molecular weight is 453 g/mol. The molecule has 5 rings (SSSR count). The van der Waals surface area contributed by atoms with Crippen molar-refractivity contribution in [2.24, 2.45) is 0 Å². The summed E-state index contributed by atoms with van der Waals surface area (Å²) in [5, 5.41) is 7.42. The van der Waals surface area contributed by atoms with Gasteiger partial charge in [-0.3, -0.25) is 4.79 Å². The van der Waals surface area contributed by atoms with Gasteiger partial charge in [0.1, 0.15) is 17.5 Å². The lowest BCUT2D eigenvalue weighted by molar-refractivity contribution is 0.102.